The Balaban J connectivity index is 1.88. The van der Waals surface area contributed by atoms with E-state index in [1.165, 1.54) is 6.08 Å². The van der Waals surface area contributed by atoms with Crippen LogP contribution in [0.15, 0.2) is 51.6 Å². The Hall–Kier alpha value is -2.34. The summed E-state index contributed by atoms with van der Waals surface area (Å²) in [7, 11) is 0. The van der Waals surface area contributed by atoms with Crippen LogP contribution in [0.4, 0.5) is 5.69 Å². The maximum absolute atomic E-state index is 11.8. The number of anilines is 1. The van der Waals surface area contributed by atoms with Gasteiger partial charge in [0.15, 0.2) is 4.67 Å². The Morgan fingerprint density at radius 1 is 1.25 bits per heavy atom. The molecule has 0 fully saturated rings. The molecule has 2 aromatic rings. The quantitative estimate of drug-likeness (QED) is 0.733. The second kappa shape index (κ2) is 8.49. The maximum atomic E-state index is 11.8. The molecule has 0 saturated heterocycles. The van der Waals surface area contributed by atoms with E-state index in [4.69, 9.17) is 4.42 Å². The van der Waals surface area contributed by atoms with Crippen molar-refractivity contribution < 1.29 is 14.0 Å². The second-order valence-corrected chi connectivity index (χ2v) is 6.32. The minimum atomic E-state index is -0.223. The number of hydrogen-bond acceptors (Lipinski definition) is 3. The number of halogens is 1. The van der Waals surface area contributed by atoms with Crippen molar-refractivity contribution in [2.75, 3.05) is 5.32 Å². The Kier molecular flexibility index (Phi) is 6.37. The molecule has 2 amide bonds. The van der Waals surface area contributed by atoms with Crippen molar-refractivity contribution >= 4 is 39.5 Å². The van der Waals surface area contributed by atoms with E-state index < -0.39 is 0 Å². The van der Waals surface area contributed by atoms with Gasteiger partial charge in [0.05, 0.1) is 0 Å². The average Bonchev–Trinajstić information content (AvgIpc) is 2.96. The first-order chi connectivity index (χ1) is 11.4. The predicted octanol–water partition coefficient (Wildman–Crippen LogP) is 3.97. The third-order valence-corrected chi connectivity index (χ3v) is 3.60. The van der Waals surface area contributed by atoms with Crippen molar-refractivity contribution in [1.29, 1.82) is 0 Å². The molecule has 2 rings (SSSR count). The first kappa shape index (κ1) is 18.0. The fourth-order valence-corrected chi connectivity index (χ4v) is 2.19. The van der Waals surface area contributed by atoms with E-state index in [0.29, 0.717) is 17.0 Å². The molecule has 0 radical (unpaired) electrons. The molecular formula is C18H19BrN2O3. The van der Waals surface area contributed by atoms with Gasteiger partial charge in [0.1, 0.15) is 5.76 Å². The number of nitrogens with one attached hydrogen (secondary N) is 2. The third kappa shape index (κ3) is 5.70. The molecule has 6 heteroatoms. The summed E-state index contributed by atoms with van der Waals surface area (Å²) in [5.74, 6) is 0.249. The average molecular weight is 391 g/mol. The first-order valence-electron chi connectivity index (χ1n) is 7.55. The zero-order valence-corrected chi connectivity index (χ0v) is 15.1. The van der Waals surface area contributed by atoms with Gasteiger partial charge in [-0.25, -0.2) is 0 Å². The van der Waals surface area contributed by atoms with Crippen LogP contribution >= 0.6 is 15.9 Å². The van der Waals surface area contributed by atoms with Crippen molar-refractivity contribution in [1.82, 2.24) is 5.32 Å². The fraction of sp³-hybridized carbons (Fsp3) is 0.222. The molecule has 24 heavy (non-hydrogen) atoms. The lowest BCUT2D eigenvalue weighted by Gasteiger charge is -2.09. The summed E-state index contributed by atoms with van der Waals surface area (Å²) in [5, 5.41) is 5.62. The van der Waals surface area contributed by atoms with Crippen molar-refractivity contribution in [3.8, 4) is 0 Å². The Bertz CT molecular complexity index is 750. The van der Waals surface area contributed by atoms with E-state index in [-0.39, 0.29) is 17.7 Å². The minimum Gasteiger partial charge on any atom is -0.450 e. The van der Waals surface area contributed by atoms with E-state index in [0.717, 1.165) is 11.3 Å². The molecule has 0 bridgehead atoms. The Labute approximate surface area is 149 Å². The van der Waals surface area contributed by atoms with Gasteiger partial charge in [-0.2, -0.15) is 0 Å². The Morgan fingerprint density at radius 3 is 2.71 bits per heavy atom. The summed E-state index contributed by atoms with van der Waals surface area (Å²) < 4.78 is 5.89. The maximum Gasteiger partial charge on any atom is 0.244 e. The summed E-state index contributed by atoms with van der Waals surface area (Å²) in [4.78, 5) is 23.5. The first-order valence-corrected chi connectivity index (χ1v) is 8.34. The summed E-state index contributed by atoms with van der Waals surface area (Å²) in [6.07, 6.45) is 3.01. The molecule has 0 spiro atoms. The summed E-state index contributed by atoms with van der Waals surface area (Å²) in [6.45, 7) is 4.04. The molecule has 0 atom stereocenters. The third-order valence-electron chi connectivity index (χ3n) is 3.18. The van der Waals surface area contributed by atoms with Gasteiger partial charge < -0.3 is 15.1 Å². The number of benzene rings is 1. The van der Waals surface area contributed by atoms with Gasteiger partial charge in [-0.05, 0) is 51.8 Å². The van der Waals surface area contributed by atoms with E-state index in [9.17, 15) is 9.59 Å². The van der Waals surface area contributed by atoms with E-state index in [1.807, 2.05) is 38.1 Å². The van der Waals surface area contributed by atoms with Crippen LogP contribution in [0.1, 0.15) is 25.2 Å². The van der Waals surface area contributed by atoms with E-state index in [2.05, 4.69) is 26.6 Å². The molecule has 0 unspecified atom stereocenters. The lowest BCUT2D eigenvalue weighted by molar-refractivity contribution is -0.119. The van der Waals surface area contributed by atoms with Crippen LogP contribution in [0.3, 0.4) is 0 Å². The molecule has 1 heterocycles. The van der Waals surface area contributed by atoms with Gasteiger partial charge in [-0.15, -0.1) is 0 Å². The molecule has 5 nitrogen and oxygen atoms in total. The molecule has 126 valence electrons. The van der Waals surface area contributed by atoms with Crippen LogP contribution in [0, 0.1) is 5.92 Å². The predicted molar refractivity (Wildman–Crippen MR) is 97.2 cm³/mol. The van der Waals surface area contributed by atoms with Gasteiger partial charge in [-0.1, -0.05) is 26.0 Å². The number of carbonyl (C=O) groups is 2. The van der Waals surface area contributed by atoms with Gasteiger partial charge in [0, 0.05) is 24.2 Å². The summed E-state index contributed by atoms with van der Waals surface area (Å²) >= 11 is 3.20. The zero-order valence-electron chi connectivity index (χ0n) is 13.5. The van der Waals surface area contributed by atoms with E-state index in [1.54, 1.807) is 18.2 Å². The highest BCUT2D eigenvalue weighted by Gasteiger charge is 2.07. The molecular weight excluding hydrogens is 372 g/mol. The van der Waals surface area contributed by atoms with Crippen LogP contribution in [-0.2, 0) is 16.1 Å². The lowest BCUT2D eigenvalue weighted by Crippen LogP contribution is -2.21. The summed E-state index contributed by atoms with van der Waals surface area (Å²) in [5.41, 5.74) is 1.62. The normalized spacial score (nSPS) is 11.0. The monoisotopic (exact) mass is 390 g/mol. The molecule has 1 aromatic carbocycles. The minimum absolute atomic E-state index is 0.0382. The van der Waals surface area contributed by atoms with Crippen LogP contribution in [-0.4, -0.2) is 11.8 Å². The molecule has 0 aliphatic heterocycles. The van der Waals surface area contributed by atoms with Crippen molar-refractivity contribution in [2.24, 2.45) is 5.92 Å². The highest BCUT2D eigenvalue weighted by Crippen LogP contribution is 2.15. The SMILES string of the molecule is CC(C)C(=O)Nc1cccc(CNC(=O)/C=C/c2ccc(Br)o2)c1. The van der Waals surface area contributed by atoms with Crippen LogP contribution < -0.4 is 10.6 Å². The topological polar surface area (TPSA) is 71.3 Å². The fourth-order valence-electron chi connectivity index (χ4n) is 1.87. The largest absolute Gasteiger partial charge is 0.450 e. The highest BCUT2D eigenvalue weighted by molar-refractivity contribution is 9.10. The molecule has 2 N–H and O–H groups in total. The van der Waals surface area contributed by atoms with Gasteiger partial charge in [0.2, 0.25) is 11.8 Å². The molecule has 1 aromatic heterocycles. The molecule has 0 saturated carbocycles. The van der Waals surface area contributed by atoms with Gasteiger partial charge in [0.25, 0.3) is 0 Å². The van der Waals surface area contributed by atoms with E-state index >= 15 is 0 Å². The molecule has 0 aliphatic carbocycles. The highest BCUT2D eigenvalue weighted by atomic mass is 79.9. The zero-order chi connectivity index (χ0) is 17.5. The smallest absolute Gasteiger partial charge is 0.244 e. The summed E-state index contributed by atoms with van der Waals surface area (Å²) in [6, 6.07) is 10.9. The van der Waals surface area contributed by atoms with Crippen LogP contribution in [0.25, 0.3) is 6.08 Å². The van der Waals surface area contributed by atoms with Gasteiger partial charge in [-0.3, -0.25) is 9.59 Å². The number of rotatable bonds is 6. The van der Waals surface area contributed by atoms with Crippen molar-refractivity contribution in [3.63, 3.8) is 0 Å². The van der Waals surface area contributed by atoms with Crippen LogP contribution in [0.5, 0.6) is 0 Å². The van der Waals surface area contributed by atoms with Crippen molar-refractivity contribution in [2.45, 2.75) is 20.4 Å². The second-order valence-electron chi connectivity index (χ2n) is 5.54. The molecule has 0 aliphatic rings. The Morgan fingerprint density at radius 2 is 2.04 bits per heavy atom. The van der Waals surface area contributed by atoms with Crippen LogP contribution in [0.2, 0.25) is 0 Å². The number of amides is 2. The lowest BCUT2D eigenvalue weighted by atomic mass is 10.1. The standard InChI is InChI=1S/C18H19BrN2O3/c1-12(2)18(23)21-14-5-3-4-13(10-14)11-20-17(22)9-7-15-6-8-16(19)24-15/h3-10,12H,11H2,1-2H3,(H,20,22)(H,21,23)/b9-7+. The number of furan rings is 1. The number of hydrogen-bond donors (Lipinski definition) is 2. The van der Waals surface area contributed by atoms with Crippen molar-refractivity contribution in [3.05, 3.63) is 58.5 Å². The van der Waals surface area contributed by atoms with Gasteiger partial charge >= 0.3 is 0 Å². The number of carbonyl (C=O) groups excluding carboxylic acids is 2.